The normalized spacial score (nSPS) is 55.8. The molecule has 1 heterocycles. The molecule has 1 saturated heterocycles. The Morgan fingerprint density at radius 1 is 1.46 bits per heavy atom. The van der Waals surface area contributed by atoms with Gasteiger partial charge in [-0.15, -0.1) is 0 Å². The second-order valence-corrected chi connectivity index (χ2v) is 8.92. The van der Waals surface area contributed by atoms with Crippen molar-refractivity contribution in [3.05, 3.63) is 24.3 Å². The maximum Gasteiger partial charge on any atom is 1.00 e. The monoisotopic (exact) mass is 384 g/mol. The SMILES string of the molecule is C=C1C[C@]23C[C@@]1(O)CCC2C12C=C[C@H](O)[C@@](C)(C(=O)O1)C2[C@@H]3C(=O)[O-].[K+]. The van der Waals surface area contributed by atoms with E-state index in [-0.39, 0.29) is 57.3 Å². The van der Waals surface area contributed by atoms with Gasteiger partial charge >= 0.3 is 57.4 Å². The molecule has 1 spiro atoms. The van der Waals surface area contributed by atoms with Gasteiger partial charge in [0.1, 0.15) is 11.0 Å². The molecule has 0 radical (unpaired) electrons. The largest absolute Gasteiger partial charge is 1.00 e. The van der Waals surface area contributed by atoms with Crippen LogP contribution in [0, 0.1) is 28.6 Å². The van der Waals surface area contributed by atoms with Crippen LogP contribution < -0.4 is 56.5 Å². The van der Waals surface area contributed by atoms with Gasteiger partial charge in [-0.05, 0) is 49.7 Å². The van der Waals surface area contributed by atoms with E-state index in [1.807, 2.05) is 0 Å². The molecule has 3 saturated carbocycles. The first kappa shape index (κ1) is 19.3. The summed E-state index contributed by atoms with van der Waals surface area (Å²) in [5.41, 5.74) is -3.49. The number of hydrogen-bond acceptors (Lipinski definition) is 6. The van der Waals surface area contributed by atoms with Gasteiger partial charge in [0, 0.05) is 23.7 Å². The fourth-order valence-corrected chi connectivity index (χ4v) is 7.11. The van der Waals surface area contributed by atoms with Crippen LogP contribution in [0.2, 0.25) is 0 Å². The summed E-state index contributed by atoms with van der Waals surface area (Å²) in [6, 6.07) is 0. The number of hydrogen-bond donors (Lipinski definition) is 2. The molecule has 7 heteroatoms. The number of carboxylic acids is 1. The van der Waals surface area contributed by atoms with Crippen molar-refractivity contribution >= 4 is 11.9 Å². The molecule has 0 aromatic rings. The Morgan fingerprint density at radius 2 is 2.15 bits per heavy atom. The fourth-order valence-electron chi connectivity index (χ4n) is 7.11. The third-order valence-electron chi connectivity index (χ3n) is 8.11. The summed E-state index contributed by atoms with van der Waals surface area (Å²) in [4.78, 5) is 24.9. The zero-order valence-electron chi connectivity index (χ0n) is 15.0. The molecule has 4 bridgehead atoms. The predicted octanol–water partition coefficient (Wildman–Crippen LogP) is -3.30. The van der Waals surface area contributed by atoms with Crippen molar-refractivity contribution in [2.24, 2.45) is 28.6 Å². The van der Waals surface area contributed by atoms with Gasteiger partial charge < -0.3 is 24.9 Å². The van der Waals surface area contributed by atoms with Crippen LogP contribution in [-0.2, 0) is 14.3 Å². The van der Waals surface area contributed by atoms with Gasteiger partial charge in [-0.3, -0.25) is 4.79 Å². The number of ether oxygens (including phenoxy) is 1. The number of rotatable bonds is 1. The smallest absolute Gasteiger partial charge is 0.550 e. The molecule has 3 unspecified atom stereocenters. The molecule has 0 aromatic heterocycles. The number of carboxylic acid groups (broad SMARTS) is 1. The van der Waals surface area contributed by atoms with Crippen LogP contribution in [-0.4, -0.2) is 39.5 Å². The Kier molecular flexibility index (Phi) is 3.95. The first-order valence-corrected chi connectivity index (χ1v) is 8.84. The van der Waals surface area contributed by atoms with Crippen LogP contribution in [0.1, 0.15) is 32.6 Å². The van der Waals surface area contributed by atoms with Crippen LogP contribution in [0.5, 0.6) is 0 Å². The van der Waals surface area contributed by atoms with Crippen LogP contribution in [0.15, 0.2) is 24.3 Å². The Labute approximate surface area is 194 Å². The number of aliphatic hydroxyl groups is 2. The van der Waals surface area contributed by atoms with Crippen LogP contribution in [0.4, 0.5) is 0 Å². The molecular formula is C19H21KO6. The molecule has 6 nitrogen and oxygen atoms in total. The van der Waals surface area contributed by atoms with Gasteiger partial charge in [0.2, 0.25) is 0 Å². The van der Waals surface area contributed by atoms with Crippen LogP contribution >= 0.6 is 0 Å². The van der Waals surface area contributed by atoms with E-state index in [4.69, 9.17) is 4.74 Å². The summed E-state index contributed by atoms with van der Waals surface area (Å²) < 4.78 is 5.85. The average Bonchev–Trinajstić information content (AvgIpc) is 2.95. The zero-order valence-corrected chi connectivity index (χ0v) is 18.2. The predicted molar refractivity (Wildman–Crippen MR) is 82.5 cm³/mol. The maximum atomic E-state index is 12.7. The van der Waals surface area contributed by atoms with E-state index in [2.05, 4.69) is 6.58 Å². The molecule has 26 heavy (non-hydrogen) atoms. The molecule has 134 valence electrons. The fraction of sp³-hybridized carbons (Fsp3) is 0.684. The quantitative estimate of drug-likeness (QED) is 0.279. The summed E-state index contributed by atoms with van der Waals surface area (Å²) in [6.07, 6.45) is 3.91. The van der Waals surface area contributed by atoms with Crippen molar-refractivity contribution in [2.75, 3.05) is 0 Å². The topological polar surface area (TPSA) is 107 Å². The average molecular weight is 384 g/mol. The van der Waals surface area contributed by atoms with E-state index in [1.165, 1.54) is 0 Å². The second kappa shape index (κ2) is 5.31. The molecule has 0 aromatic carbocycles. The standard InChI is InChI=1S/C19H22O6.K/c1-9-7-17-8-18(9,24)5-3-10(17)19-6-4-11(20)16(2,15(23)25-19)13(19)12(17)14(21)22;/h4,6,10-13,20,24H,1,3,5,7-8H2,2H3,(H,21,22);/q;+1/p-1/t10?,11-,12+,13?,16+,17-,18-,19?;/m0./s1. The van der Waals surface area contributed by atoms with Crippen molar-refractivity contribution in [3.8, 4) is 0 Å². The summed E-state index contributed by atoms with van der Waals surface area (Å²) >= 11 is 0. The van der Waals surface area contributed by atoms with E-state index in [1.54, 1.807) is 19.1 Å². The van der Waals surface area contributed by atoms with E-state index >= 15 is 0 Å². The van der Waals surface area contributed by atoms with Crippen molar-refractivity contribution in [3.63, 3.8) is 0 Å². The number of fused-ring (bicyclic) bond motifs is 1. The van der Waals surface area contributed by atoms with Crippen LogP contribution in [0.3, 0.4) is 0 Å². The third-order valence-corrected chi connectivity index (χ3v) is 8.11. The van der Waals surface area contributed by atoms with Gasteiger partial charge in [-0.25, -0.2) is 0 Å². The molecule has 1 aliphatic heterocycles. The van der Waals surface area contributed by atoms with Crippen molar-refractivity contribution < 1.29 is 81.0 Å². The summed E-state index contributed by atoms with van der Waals surface area (Å²) in [6.45, 7) is 5.60. The van der Waals surface area contributed by atoms with Gasteiger partial charge in [0.15, 0.2) is 0 Å². The minimum Gasteiger partial charge on any atom is -0.550 e. The Bertz CT molecular complexity index is 778. The first-order valence-electron chi connectivity index (χ1n) is 8.84. The summed E-state index contributed by atoms with van der Waals surface area (Å²) in [5, 5.41) is 33.7. The van der Waals surface area contributed by atoms with Crippen molar-refractivity contribution in [1.29, 1.82) is 0 Å². The number of aliphatic hydroxyl groups excluding tert-OH is 1. The van der Waals surface area contributed by atoms with E-state index in [0.29, 0.717) is 31.3 Å². The van der Waals surface area contributed by atoms with E-state index in [9.17, 15) is 24.9 Å². The summed E-state index contributed by atoms with van der Waals surface area (Å²) in [7, 11) is 0. The number of esters is 1. The van der Waals surface area contributed by atoms with Crippen molar-refractivity contribution in [1.82, 2.24) is 0 Å². The zero-order chi connectivity index (χ0) is 18.0. The minimum atomic E-state index is -1.31. The third kappa shape index (κ3) is 1.79. The van der Waals surface area contributed by atoms with Gasteiger partial charge in [-0.2, -0.15) is 0 Å². The molecule has 5 rings (SSSR count). The molecule has 8 atom stereocenters. The Balaban J connectivity index is 0.00000168. The summed E-state index contributed by atoms with van der Waals surface area (Å²) in [5.74, 6) is -3.67. The van der Waals surface area contributed by atoms with Gasteiger partial charge in [0.05, 0.1) is 11.7 Å². The maximum absolute atomic E-state index is 12.7. The Hall–Kier alpha value is -0.0236. The molecule has 5 aliphatic rings. The molecule has 0 amide bonds. The van der Waals surface area contributed by atoms with Crippen molar-refractivity contribution in [2.45, 2.75) is 49.9 Å². The minimum absolute atomic E-state index is 0. The van der Waals surface area contributed by atoms with Gasteiger partial charge in [0.25, 0.3) is 0 Å². The van der Waals surface area contributed by atoms with Crippen LogP contribution in [0.25, 0.3) is 0 Å². The molecule has 4 fully saturated rings. The van der Waals surface area contributed by atoms with Gasteiger partial charge in [-0.1, -0.05) is 12.7 Å². The number of carbonyl (C=O) groups excluding carboxylic acids is 2. The second-order valence-electron chi connectivity index (χ2n) is 8.92. The molecule has 2 N–H and O–H groups in total. The molecular weight excluding hydrogens is 363 g/mol. The van der Waals surface area contributed by atoms with E-state index < -0.39 is 51.9 Å². The Morgan fingerprint density at radius 3 is 2.81 bits per heavy atom. The molecule has 4 aliphatic carbocycles. The first-order chi connectivity index (χ1) is 11.6. The number of aliphatic carboxylic acids is 1. The van der Waals surface area contributed by atoms with E-state index in [0.717, 1.165) is 0 Å². The number of carbonyl (C=O) groups is 2.